The first-order chi connectivity index (χ1) is 19.7. The molecule has 3 aromatic carbocycles. The van der Waals surface area contributed by atoms with Crippen LogP contribution in [0.15, 0.2) is 65.8 Å². The van der Waals surface area contributed by atoms with Crippen LogP contribution < -0.4 is 9.47 Å². The van der Waals surface area contributed by atoms with Gasteiger partial charge in [-0.2, -0.15) is 0 Å². The zero-order chi connectivity index (χ0) is 29.6. The molecule has 3 aromatic rings. The van der Waals surface area contributed by atoms with E-state index in [2.05, 4.69) is 10.0 Å². The Hall–Kier alpha value is -4.07. The third-order valence-corrected chi connectivity index (χ3v) is 7.63. The molecule has 1 aliphatic rings. The first-order valence-electron chi connectivity index (χ1n) is 13.6. The quantitative estimate of drug-likeness (QED) is 0.121. The van der Waals surface area contributed by atoms with Crippen LogP contribution in [0.5, 0.6) is 11.5 Å². The highest BCUT2D eigenvalue weighted by molar-refractivity contribution is 5.71. The number of aliphatic carboxylic acids is 1. The Labute approximate surface area is 239 Å². The molecule has 0 radical (unpaired) electrons. The fourth-order valence-electron chi connectivity index (χ4n) is 5.41. The number of halogens is 1. The molecule has 0 bridgehead atoms. The normalized spacial score (nSPS) is 14.6. The summed E-state index contributed by atoms with van der Waals surface area (Å²) in [6.07, 6.45) is 1.65. The Kier molecular flexibility index (Phi) is 9.53. The number of hydrogen-bond donors (Lipinski definition) is 1. The molecule has 0 heterocycles. The number of azide groups is 1. The van der Waals surface area contributed by atoms with E-state index in [1.807, 2.05) is 56.3 Å². The van der Waals surface area contributed by atoms with Crippen molar-refractivity contribution in [3.05, 3.63) is 93.6 Å². The number of benzene rings is 3. The highest BCUT2D eigenvalue weighted by Gasteiger charge is 2.34. The molecule has 1 fully saturated rings. The number of carboxylic acids is 1. The van der Waals surface area contributed by atoms with Crippen LogP contribution in [0.3, 0.4) is 0 Å². The van der Waals surface area contributed by atoms with Crippen LogP contribution in [0.25, 0.3) is 21.6 Å². The Balaban J connectivity index is 1.68. The minimum atomic E-state index is -0.801. The predicted molar refractivity (Wildman–Crippen MR) is 154 cm³/mol. The molecule has 0 spiro atoms. The monoisotopic (exact) mass is 561 g/mol. The van der Waals surface area contributed by atoms with Gasteiger partial charge < -0.3 is 19.3 Å². The van der Waals surface area contributed by atoms with Gasteiger partial charge in [0.2, 0.25) is 0 Å². The predicted octanol–water partition coefficient (Wildman–Crippen LogP) is 8.07. The largest absolute Gasteiger partial charge is 0.497 e. The fraction of sp³-hybridized carbons (Fsp3) is 0.406. The molecule has 41 heavy (non-hydrogen) atoms. The third kappa shape index (κ3) is 7.37. The van der Waals surface area contributed by atoms with Crippen LogP contribution >= 0.6 is 0 Å². The maximum atomic E-state index is 15.1. The highest BCUT2D eigenvalue weighted by Crippen LogP contribution is 2.45. The smallest absolute Gasteiger partial charge is 0.303 e. The molecule has 8 nitrogen and oxygen atoms in total. The van der Waals surface area contributed by atoms with Crippen molar-refractivity contribution in [2.75, 3.05) is 20.8 Å². The summed E-state index contributed by atoms with van der Waals surface area (Å²) in [4.78, 5) is 14.4. The van der Waals surface area contributed by atoms with Crippen LogP contribution in [0, 0.1) is 17.2 Å². The maximum absolute atomic E-state index is 15.1. The van der Waals surface area contributed by atoms with Gasteiger partial charge in [0.1, 0.15) is 23.9 Å². The number of hydrogen-bond acceptors (Lipinski definition) is 5. The van der Waals surface area contributed by atoms with E-state index < -0.39 is 23.3 Å². The van der Waals surface area contributed by atoms with Crippen molar-refractivity contribution in [3.63, 3.8) is 0 Å². The lowest BCUT2D eigenvalue weighted by molar-refractivity contribution is -0.137. The fourth-order valence-corrected chi connectivity index (χ4v) is 5.41. The van der Waals surface area contributed by atoms with E-state index in [9.17, 15) is 9.90 Å². The number of nitrogens with zero attached hydrogens (tertiary/aromatic N) is 3. The summed E-state index contributed by atoms with van der Waals surface area (Å²) < 4.78 is 32.6. The topological polar surface area (TPSA) is 114 Å². The molecular formula is C32H36FN3O5. The van der Waals surface area contributed by atoms with Crippen LogP contribution in [-0.2, 0) is 16.1 Å². The number of carboxylic acid groups (broad SMARTS) is 1. The molecular weight excluding hydrogens is 525 g/mol. The van der Waals surface area contributed by atoms with Gasteiger partial charge in [-0.3, -0.25) is 4.79 Å². The van der Waals surface area contributed by atoms with E-state index in [4.69, 9.17) is 19.7 Å². The van der Waals surface area contributed by atoms with Crippen LogP contribution in [0.1, 0.15) is 61.8 Å². The van der Waals surface area contributed by atoms with Crippen molar-refractivity contribution < 1.29 is 28.5 Å². The number of carbonyl (C=O) groups is 1. The summed E-state index contributed by atoms with van der Waals surface area (Å²) in [5.41, 5.74) is 11.9. The average molecular weight is 562 g/mol. The van der Waals surface area contributed by atoms with Crippen LogP contribution in [0.2, 0.25) is 0 Å². The van der Waals surface area contributed by atoms with E-state index >= 15 is 4.39 Å². The molecule has 0 saturated heterocycles. The molecule has 0 amide bonds. The second kappa shape index (κ2) is 13.1. The van der Waals surface area contributed by atoms with E-state index in [0.29, 0.717) is 28.5 Å². The molecule has 1 N–H and O–H groups in total. The zero-order valence-electron chi connectivity index (χ0n) is 23.8. The molecule has 1 saturated carbocycles. The van der Waals surface area contributed by atoms with E-state index in [-0.39, 0.29) is 25.5 Å². The van der Waals surface area contributed by atoms with E-state index in [0.717, 1.165) is 29.5 Å². The van der Waals surface area contributed by atoms with Crippen molar-refractivity contribution in [3.8, 4) is 22.6 Å². The second-order valence-electron chi connectivity index (χ2n) is 11.2. The number of ether oxygens (including phenoxy) is 3. The Morgan fingerprint density at radius 2 is 1.88 bits per heavy atom. The third-order valence-electron chi connectivity index (χ3n) is 7.63. The summed E-state index contributed by atoms with van der Waals surface area (Å²) in [7, 11) is 3.11. The summed E-state index contributed by atoms with van der Waals surface area (Å²) >= 11 is 0. The van der Waals surface area contributed by atoms with Gasteiger partial charge in [-0.25, -0.2) is 4.39 Å². The molecule has 216 valence electrons. The van der Waals surface area contributed by atoms with Gasteiger partial charge in [0.05, 0.1) is 19.6 Å². The van der Waals surface area contributed by atoms with Gasteiger partial charge in [0.25, 0.3) is 0 Å². The molecule has 0 aromatic heterocycles. The molecule has 2 atom stereocenters. The Morgan fingerprint density at radius 1 is 1.10 bits per heavy atom. The standard InChI is InChI=1S/C32H36FN3O5/c1-32(2,19-35-36-34)31(40-4)28-14-20(8-12-25(28)27-16-23(39-3)11-13-29(27)33)18-41-24-7-5-6-22(15-24)26(17-30(37)38)21-9-10-21/h5-8,11-16,21,26,31H,9-10,17-19H2,1-4H3,(H,37,38)/t26-,31?/m0/s1. The minimum absolute atomic E-state index is 0.0274. The SMILES string of the molecule is COc1ccc(F)c(-c2ccc(COc3cccc([C@@H](CC(=O)O)C4CC4)c3)cc2C(OC)C(C)(C)CN=[N+]=[N-])c1. The highest BCUT2D eigenvalue weighted by atomic mass is 19.1. The van der Waals surface area contributed by atoms with Crippen LogP contribution in [0.4, 0.5) is 4.39 Å². The van der Waals surface area contributed by atoms with Crippen molar-refractivity contribution in [2.24, 2.45) is 16.4 Å². The van der Waals surface area contributed by atoms with Gasteiger partial charge in [-0.1, -0.05) is 43.2 Å². The lowest BCUT2D eigenvalue weighted by Crippen LogP contribution is -2.27. The molecule has 1 unspecified atom stereocenters. The van der Waals surface area contributed by atoms with Gasteiger partial charge in [-0.15, -0.1) is 0 Å². The van der Waals surface area contributed by atoms with Gasteiger partial charge in [-0.05, 0) is 88.9 Å². The Morgan fingerprint density at radius 3 is 2.54 bits per heavy atom. The van der Waals surface area contributed by atoms with Crippen molar-refractivity contribution in [1.82, 2.24) is 0 Å². The molecule has 9 heteroatoms. The number of methoxy groups -OCH3 is 2. The lowest BCUT2D eigenvalue weighted by Gasteiger charge is -2.34. The maximum Gasteiger partial charge on any atom is 0.303 e. The lowest BCUT2D eigenvalue weighted by atomic mass is 9.79. The number of rotatable bonds is 14. The van der Waals surface area contributed by atoms with Gasteiger partial charge >= 0.3 is 5.97 Å². The van der Waals surface area contributed by atoms with Crippen molar-refractivity contribution >= 4 is 5.97 Å². The molecule has 1 aliphatic carbocycles. The van der Waals surface area contributed by atoms with Crippen molar-refractivity contribution in [2.45, 2.75) is 51.7 Å². The Bertz CT molecular complexity index is 1430. The summed E-state index contributed by atoms with van der Waals surface area (Å²) in [5.74, 6) is 0.337. The summed E-state index contributed by atoms with van der Waals surface area (Å²) in [5, 5.41) is 13.2. The average Bonchev–Trinajstić information content (AvgIpc) is 3.80. The summed E-state index contributed by atoms with van der Waals surface area (Å²) in [6.45, 7) is 4.28. The second-order valence-corrected chi connectivity index (χ2v) is 11.2. The zero-order valence-corrected chi connectivity index (χ0v) is 23.8. The first kappa shape index (κ1) is 29.9. The van der Waals surface area contributed by atoms with E-state index in [1.165, 1.54) is 13.2 Å². The van der Waals surface area contributed by atoms with Gasteiger partial charge in [0, 0.05) is 29.5 Å². The molecule has 4 rings (SSSR count). The minimum Gasteiger partial charge on any atom is -0.497 e. The first-order valence-corrected chi connectivity index (χ1v) is 13.6. The van der Waals surface area contributed by atoms with Gasteiger partial charge in [0.15, 0.2) is 0 Å². The summed E-state index contributed by atoms with van der Waals surface area (Å²) in [6, 6.07) is 17.9. The van der Waals surface area contributed by atoms with Crippen LogP contribution in [-0.4, -0.2) is 31.8 Å². The van der Waals surface area contributed by atoms with Crippen molar-refractivity contribution in [1.29, 1.82) is 0 Å². The molecule has 0 aliphatic heterocycles. The van der Waals surface area contributed by atoms with E-state index in [1.54, 1.807) is 19.2 Å².